The van der Waals surface area contributed by atoms with Gasteiger partial charge in [-0.2, -0.15) is 5.10 Å². The van der Waals surface area contributed by atoms with Gasteiger partial charge in [-0.1, -0.05) is 33.3 Å². The van der Waals surface area contributed by atoms with E-state index in [9.17, 15) is 0 Å². The van der Waals surface area contributed by atoms with Crippen LogP contribution in [0.25, 0.3) is 10.2 Å². The largest absolute Gasteiger partial charge is 0.264 e. The fourth-order valence-corrected chi connectivity index (χ4v) is 4.95. The Morgan fingerprint density at radius 2 is 2.26 bits per heavy atom. The molecule has 5 nitrogen and oxygen atoms in total. The standard InChI is InChI=1S/C21H25N5S/c1-4-21(2,3)15-7-8-17-16(10-15)18-19(23-13-24-20(18)27-17)26-25-12-14-6-5-9-22-11-14/h5-6,9,11-13,15H,4,7-8,10H2,1-3H3,(H,23,24,26)/b25-12-. The second-order valence-corrected chi connectivity index (χ2v) is 8.93. The van der Waals surface area contributed by atoms with Gasteiger partial charge in [0.2, 0.25) is 0 Å². The highest BCUT2D eigenvalue weighted by Crippen LogP contribution is 2.45. The van der Waals surface area contributed by atoms with Gasteiger partial charge in [-0.3, -0.25) is 10.4 Å². The molecule has 0 spiro atoms. The van der Waals surface area contributed by atoms with Crippen molar-refractivity contribution in [2.45, 2.75) is 46.5 Å². The summed E-state index contributed by atoms with van der Waals surface area (Å²) in [6.45, 7) is 7.08. The van der Waals surface area contributed by atoms with Crippen molar-refractivity contribution < 1.29 is 0 Å². The van der Waals surface area contributed by atoms with Gasteiger partial charge in [0.15, 0.2) is 5.82 Å². The van der Waals surface area contributed by atoms with Crippen LogP contribution < -0.4 is 5.43 Å². The van der Waals surface area contributed by atoms with Crippen LogP contribution in [0.15, 0.2) is 36.0 Å². The van der Waals surface area contributed by atoms with E-state index in [1.54, 1.807) is 24.9 Å². The molecule has 0 aliphatic heterocycles. The molecule has 1 aliphatic carbocycles. The molecule has 3 aromatic heterocycles. The van der Waals surface area contributed by atoms with E-state index >= 15 is 0 Å². The maximum absolute atomic E-state index is 4.53. The topological polar surface area (TPSA) is 63.1 Å². The van der Waals surface area contributed by atoms with E-state index in [0.29, 0.717) is 11.3 Å². The fourth-order valence-electron chi connectivity index (χ4n) is 3.77. The predicted molar refractivity (Wildman–Crippen MR) is 112 cm³/mol. The van der Waals surface area contributed by atoms with Crippen LogP contribution in [0.5, 0.6) is 0 Å². The third-order valence-electron chi connectivity index (χ3n) is 5.93. The number of hydrazone groups is 1. The lowest BCUT2D eigenvalue weighted by Crippen LogP contribution is -2.28. The summed E-state index contributed by atoms with van der Waals surface area (Å²) in [5.74, 6) is 1.49. The predicted octanol–water partition coefficient (Wildman–Crippen LogP) is 5.07. The van der Waals surface area contributed by atoms with Crippen molar-refractivity contribution in [3.05, 3.63) is 46.9 Å². The van der Waals surface area contributed by atoms with Crippen molar-refractivity contribution >= 4 is 33.6 Å². The lowest BCUT2D eigenvalue weighted by atomic mass is 9.69. The molecule has 0 amide bonds. The number of thiophene rings is 1. The zero-order chi connectivity index (χ0) is 18.9. The van der Waals surface area contributed by atoms with Gasteiger partial charge in [0.1, 0.15) is 11.2 Å². The number of aromatic nitrogens is 3. The minimum atomic E-state index is 0.355. The number of aryl methyl sites for hydroxylation is 1. The summed E-state index contributed by atoms with van der Waals surface area (Å²) in [4.78, 5) is 15.6. The van der Waals surface area contributed by atoms with Crippen LogP contribution in [0.1, 0.15) is 49.6 Å². The molecule has 1 unspecified atom stereocenters. The minimum Gasteiger partial charge on any atom is -0.264 e. The normalized spacial score (nSPS) is 17.4. The van der Waals surface area contributed by atoms with Gasteiger partial charge in [0.05, 0.1) is 11.6 Å². The van der Waals surface area contributed by atoms with E-state index in [-0.39, 0.29) is 0 Å². The number of fused-ring (bicyclic) bond motifs is 3. The van der Waals surface area contributed by atoms with Crippen molar-refractivity contribution in [1.82, 2.24) is 15.0 Å². The summed E-state index contributed by atoms with van der Waals surface area (Å²) < 4.78 is 0. The number of anilines is 1. The molecule has 1 aliphatic rings. The molecule has 3 heterocycles. The van der Waals surface area contributed by atoms with Gasteiger partial charge in [-0.05, 0) is 42.2 Å². The molecule has 0 fully saturated rings. The summed E-state index contributed by atoms with van der Waals surface area (Å²) in [5.41, 5.74) is 5.87. The number of rotatable bonds is 5. The smallest absolute Gasteiger partial charge is 0.158 e. The van der Waals surface area contributed by atoms with E-state index < -0.39 is 0 Å². The van der Waals surface area contributed by atoms with E-state index in [0.717, 1.165) is 34.4 Å². The third-order valence-corrected chi connectivity index (χ3v) is 7.13. The average molecular weight is 380 g/mol. The van der Waals surface area contributed by atoms with Gasteiger partial charge in [-0.25, -0.2) is 9.97 Å². The molecule has 1 N–H and O–H groups in total. The first kappa shape index (κ1) is 18.0. The maximum Gasteiger partial charge on any atom is 0.158 e. The summed E-state index contributed by atoms with van der Waals surface area (Å²) in [6.07, 6.45) is 11.6. The molecule has 4 rings (SSSR count). The average Bonchev–Trinajstić information content (AvgIpc) is 3.07. The third kappa shape index (κ3) is 3.58. The monoisotopic (exact) mass is 379 g/mol. The van der Waals surface area contributed by atoms with Crippen LogP contribution in [0.3, 0.4) is 0 Å². The zero-order valence-corrected chi connectivity index (χ0v) is 16.9. The van der Waals surface area contributed by atoms with Gasteiger partial charge in [0.25, 0.3) is 0 Å². The summed E-state index contributed by atoms with van der Waals surface area (Å²) in [6, 6.07) is 3.87. The van der Waals surface area contributed by atoms with E-state index in [1.807, 2.05) is 23.5 Å². The van der Waals surface area contributed by atoms with Crippen molar-refractivity contribution in [2.75, 3.05) is 5.43 Å². The van der Waals surface area contributed by atoms with Gasteiger partial charge < -0.3 is 0 Å². The number of pyridine rings is 1. The molecule has 0 radical (unpaired) electrons. The van der Waals surface area contributed by atoms with Crippen LogP contribution in [0, 0.1) is 11.3 Å². The first-order chi connectivity index (χ1) is 13.1. The Labute approximate surface area is 164 Å². The van der Waals surface area contributed by atoms with Crippen molar-refractivity contribution in [3.63, 3.8) is 0 Å². The Morgan fingerprint density at radius 1 is 1.37 bits per heavy atom. The van der Waals surface area contributed by atoms with Crippen molar-refractivity contribution in [3.8, 4) is 0 Å². The van der Waals surface area contributed by atoms with Gasteiger partial charge in [0, 0.05) is 22.8 Å². The molecule has 0 bridgehead atoms. The zero-order valence-electron chi connectivity index (χ0n) is 16.1. The minimum absolute atomic E-state index is 0.355. The lowest BCUT2D eigenvalue weighted by molar-refractivity contribution is 0.184. The molecule has 140 valence electrons. The molecular weight excluding hydrogens is 354 g/mol. The van der Waals surface area contributed by atoms with E-state index in [2.05, 4.69) is 46.3 Å². The Balaban J connectivity index is 1.65. The Bertz CT molecular complexity index is 961. The number of nitrogens with one attached hydrogen (secondary N) is 1. The summed E-state index contributed by atoms with van der Waals surface area (Å²) in [7, 11) is 0. The highest BCUT2D eigenvalue weighted by Gasteiger charge is 2.33. The number of hydrogen-bond acceptors (Lipinski definition) is 6. The summed E-state index contributed by atoms with van der Waals surface area (Å²) >= 11 is 1.81. The Morgan fingerprint density at radius 3 is 3.04 bits per heavy atom. The first-order valence-electron chi connectivity index (χ1n) is 9.53. The molecule has 27 heavy (non-hydrogen) atoms. The molecule has 3 aromatic rings. The van der Waals surface area contributed by atoms with Crippen LogP contribution in [0.2, 0.25) is 0 Å². The van der Waals surface area contributed by atoms with Gasteiger partial charge >= 0.3 is 0 Å². The van der Waals surface area contributed by atoms with E-state index in [4.69, 9.17) is 0 Å². The van der Waals surface area contributed by atoms with Crippen LogP contribution in [-0.4, -0.2) is 21.2 Å². The van der Waals surface area contributed by atoms with Crippen molar-refractivity contribution in [1.29, 1.82) is 0 Å². The second-order valence-electron chi connectivity index (χ2n) is 7.84. The molecule has 0 saturated heterocycles. The molecule has 6 heteroatoms. The quantitative estimate of drug-likeness (QED) is 0.496. The van der Waals surface area contributed by atoms with Crippen LogP contribution in [0.4, 0.5) is 5.82 Å². The highest BCUT2D eigenvalue weighted by molar-refractivity contribution is 7.19. The lowest BCUT2D eigenvalue weighted by Gasteiger charge is -2.36. The summed E-state index contributed by atoms with van der Waals surface area (Å²) in [5, 5.41) is 5.52. The molecule has 0 aromatic carbocycles. The van der Waals surface area contributed by atoms with Crippen LogP contribution in [-0.2, 0) is 12.8 Å². The molecular formula is C21H25N5S. The van der Waals surface area contributed by atoms with Crippen molar-refractivity contribution in [2.24, 2.45) is 16.4 Å². The SMILES string of the molecule is CCC(C)(C)C1CCc2sc3ncnc(N/N=C\c4cccnc4)c3c2C1. The Hall–Kier alpha value is -2.34. The second kappa shape index (κ2) is 7.35. The fraction of sp³-hybridized carbons (Fsp3) is 0.429. The first-order valence-corrected chi connectivity index (χ1v) is 10.3. The Kier molecular flexibility index (Phi) is 4.91. The van der Waals surface area contributed by atoms with E-state index in [1.165, 1.54) is 23.3 Å². The maximum atomic E-state index is 4.53. The highest BCUT2D eigenvalue weighted by atomic mass is 32.1. The number of hydrogen-bond donors (Lipinski definition) is 1. The van der Waals surface area contributed by atoms with Gasteiger partial charge in [-0.15, -0.1) is 11.3 Å². The number of nitrogens with zero attached hydrogens (tertiary/aromatic N) is 4. The molecule has 0 saturated carbocycles. The molecule has 1 atom stereocenters. The van der Waals surface area contributed by atoms with Crippen LogP contribution >= 0.6 is 11.3 Å².